The minimum absolute atomic E-state index is 0.0428. The van der Waals surface area contributed by atoms with Crippen molar-refractivity contribution in [2.75, 3.05) is 6.61 Å². The Morgan fingerprint density at radius 1 is 1.20 bits per heavy atom. The van der Waals surface area contributed by atoms with E-state index in [4.69, 9.17) is 4.74 Å². The maximum absolute atomic E-state index is 11.6. The van der Waals surface area contributed by atoms with Crippen LogP contribution in [0.5, 0.6) is 5.75 Å². The summed E-state index contributed by atoms with van der Waals surface area (Å²) >= 11 is 0. The lowest BCUT2D eigenvalue weighted by Crippen LogP contribution is -2.25. The van der Waals surface area contributed by atoms with E-state index >= 15 is 0 Å². The molecule has 0 aliphatic rings. The van der Waals surface area contributed by atoms with Gasteiger partial charge >= 0.3 is 0 Å². The Hall–Kier alpha value is -2.36. The van der Waals surface area contributed by atoms with E-state index in [0.29, 0.717) is 5.75 Å². The zero-order valence-electron chi connectivity index (χ0n) is 11.7. The van der Waals surface area contributed by atoms with Gasteiger partial charge in [-0.15, -0.1) is 0 Å². The van der Waals surface area contributed by atoms with Crippen LogP contribution in [-0.2, 0) is 4.79 Å². The summed E-state index contributed by atoms with van der Waals surface area (Å²) in [6.07, 6.45) is 0.811. The number of hydrogen-bond acceptors (Lipinski definition) is 3. The summed E-state index contributed by atoms with van der Waals surface area (Å²) in [5.74, 6) is 0.418. The summed E-state index contributed by atoms with van der Waals surface area (Å²) in [6.45, 7) is 3.81. The van der Waals surface area contributed by atoms with Crippen molar-refractivity contribution in [1.82, 2.24) is 5.43 Å². The fraction of sp³-hybridized carbons (Fsp3) is 0.250. The lowest BCUT2D eigenvalue weighted by molar-refractivity contribution is -0.123. The van der Waals surface area contributed by atoms with Gasteiger partial charge in [-0.1, -0.05) is 37.3 Å². The topological polar surface area (TPSA) is 50.7 Å². The van der Waals surface area contributed by atoms with Gasteiger partial charge < -0.3 is 4.74 Å². The number of carbonyl (C=O) groups is 1. The van der Waals surface area contributed by atoms with Gasteiger partial charge in [-0.2, -0.15) is 5.10 Å². The number of amides is 1. The molecule has 0 heterocycles. The molecule has 104 valence electrons. The monoisotopic (exact) mass is 270 g/mol. The fourth-order valence-electron chi connectivity index (χ4n) is 1.68. The molecule has 4 nitrogen and oxygen atoms in total. The van der Waals surface area contributed by atoms with Gasteiger partial charge in [0.15, 0.2) is 6.61 Å². The Balaban J connectivity index is 1.94. The van der Waals surface area contributed by atoms with Crippen LogP contribution in [0.25, 0.3) is 10.8 Å². The molecule has 0 radical (unpaired) electrons. The molecule has 0 saturated heterocycles. The number of carbonyl (C=O) groups excluding carboxylic acids is 1. The zero-order chi connectivity index (χ0) is 14.4. The minimum Gasteiger partial charge on any atom is -0.484 e. The zero-order valence-corrected chi connectivity index (χ0v) is 11.7. The third-order valence-electron chi connectivity index (χ3n) is 2.97. The van der Waals surface area contributed by atoms with E-state index in [-0.39, 0.29) is 12.5 Å². The highest BCUT2D eigenvalue weighted by atomic mass is 16.5. The molecule has 1 amide bonds. The van der Waals surface area contributed by atoms with Crippen molar-refractivity contribution in [1.29, 1.82) is 0 Å². The third-order valence-corrected chi connectivity index (χ3v) is 2.97. The fourth-order valence-corrected chi connectivity index (χ4v) is 1.68. The Bertz CT molecular complexity index is 635. The first kappa shape index (κ1) is 14.1. The van der Waals surface area contributed by atoms with E-state index < -0.39 is 0 Å². The molecule has 2 rings (SSSR count). The van der Waals surface area contributed by atoms with Crippen molar-refractivity contribution in [3.05, 3.63) is 42.5 Å². The van der Waals surface area contributed by atoms with E-state index in [1.807, 2.05) is 56.3 Å². The predicted octanol–water partition coefficient (Wildman–Crippen LogP) is 3.12. The molecule has 0 fully saturated rings. The number of ether oxygens (including phenoxy) is 1. The summed E-state index contributed by atoms with van der Waals surface area (Å²) in [5, 5.41) is 6.18. The van der Waals surface area contributed by atoms with E-state index in [1.54, 1.807) is 0 Å². The molecule has 0 aliphatic carbocycles. The van der Waals surface area contributed by atoms with Crippen LogP contribution in [0.2, 0.25) is 0 Å². The van der Waals surface area contributed by atoms with Crippen LogP contribution in [0.4, 0.5) is 0 Å². The van der Waals surface area contributed by atoms with Crippen LogP contribution >= 0.6 is 0 Å². The first-order valence-electron chi connectivity index (χ1n) is 6.62. The van der Waals surface area contributed by atoms with E-state index in [0.717, 1.165) is 22.9 Å². The molecule has 20 heavy (non-hydrogen) atoms. The molecule has 0 bridgehead atoms. The van der Waals surface area contributed by atoms with Gasteiger partial charge in [-0.3, -0.25) is 4.79 Å². The standard InChI is InChI=1S/C16H18N2O2/c1-3-12(2)17-18-16(19)11-20-15-9-8-13-6-4-5-7-14(13)10-15/h4-10H,3,11H2,1-2H3,(H,18,19). The van der Waals surface area contributed by atoms with Gasteiger partial charge in [0, 0.05) is 5.71 Å². The number of fused-ring (bicyclic) bond motifs is 1. The Labute approximate surface area is 118 Å². The normalized spacial score (nSPS) is 11.4. The first-order valence-corrected chi connectivity index (χ1v) is 6.62. The SMILES string of the molecule is CCC(C)=NNC(=O)COc1ccc2ccccc2c1. The average molecular weight is 270 g/mol. The second kappa shape index (κ2) is 6.70. The number of hydrazone groups is 1. The van der Waals surface area contributed by atoms with Crippen molar-refractivity contribution in [2.45, 2.75) is 20.3 Å². The quantitative estimate of drug-likeness (QED) is 0.670. The Morgan fingerprint density at radius 2 is 1.95 bits per heavy atom. The smallest absolute Gasteiger partial charge is 0.277 e. The molecule has 0 atom stereocenters. The summed E-state index contributed by atoms with van der Waals surface area (Å²) < 4.78 is 5.46. The number of nitrogens with zero attached hydrogens (tertiary/aromatic N) is 1. The number of nitrogens with one attached hydrogen (secondary N) is 1. The predicted molar refractivity (Wildman–Crippen MR) is 81.0 cm³/mol. The molecule has 0 unspecified atom stereocenters. The maximum atomic E-state index is 11.6. The molecular weight excluding hydrogens is 252 g/mol. The van der Waals surface area contributed by atoms with Crippen molar-refractivity contribution < 1.29 is 9.53 Å². The highest BCUT2D eigenvalue weighted by Gasteiger charge is 2.02. The Morgan fingerprint density at radius 3 is 2.70 bits per heavy atom. The maximum Gasteiger partial charge on any atom is 0.277 e. The summed E-state index contributed by atoms with van der Waals surface area (Å²) in [5.41, 5.74) is 3.34. The van der Waals surface area contributed by atoms with Gasteiger partial charge in [0.05, 0.1) is 0 Å². The van der Waals surface area contributed by atoms with Crippen LogP contribution in [0.15, 0.2) is 47.6 Å². The van der Waals surface area contributed by atoms with Crippen LogP contribution in [-0.4, -0.2) is 18.2 Å². The van der Waals surface area contributed by atoms with Crippen molar-refractivity contribution >= 4 is 22.4 Å². The lowest BCUT2D eigenvalue weighted by Gasteiger charge is -2.06. The van der Waals surface area contributed by atoms with Crippen LogP contribution in [0.3, 0.4) is 0 Å². The first-order chi connectivity index (χ1) is 9.69. The molecule has 0 spiro atoms. The van der Waals surface area contributed by atoms with Crippen LogP contribution in [0.1, 0.15) is 20.3 Å². The van der Waals surface area contributed by atoms with Gasteiger partial charge in [-0.25, -0.2) is 5.43 Å². The second-order valence-electron chi connectivity index (χ2n) is 4.53. The molecule has 0 saturated carbocycles. The molecule has 1 N–H and O–H groups in total. The average Bonchev–Trinajstić information content (AvgIpc) is 2.50. The molecular formula is C16H18N2O2. The van der Waals surface area contributed by atoms with E-state index in [2.05, 4.69) is 10.5 Å². The molecule has 2 aromatic carbocycles. The van der Waals surface area contributed by atoms with Gasteiger partial charge in [0.25, 0.3) is 5.91 Å². The number of benzene rings is 2. The van der Waals surface area contributed by atoms with Gasteiger partial charge in [0.2, 0.25) is 0 Å². The number of hydrogen-bond donors (Lipinski definition) is 1. The van der Waals surface area contributed by atoms with Crippen LogP contribution in [0, 0.1) is 0 Å². The lowest BCUT2D eigenvalue weighted by atomic mass is 10.1. The number of rotatable bonds is 5. The van der Waals surface area contributed by atoms with E-state index in [9.17, 15) is 4.79 Å². The van der Waals surface area contributed by atoms with Gasteiger partial charge in [-0.05, 0) is 36.2 Å². The summed E-state index contributed by atoms with van der Waals surface area (Å²) in [6, 6.07) is 13.8. The van der Waals surface area contributed by atoms with Crippen molar-refractivity contribution in [2.24, 2.45) is 5.10 Å². The van der Waals surface area contributed by atoms with E-state index in [1.165, 1.54) is 0 Å². The molecule has 4 heteroatoms. The van der Waals surface area contributed by atoms with Gasteiger partial charge in [0.1, 0.15) is 5.75 Å². The largest absolute Gasteiger partial charge is 0.484 e. The second-order valence-corrected chi connectivity index (χ2v) is 4.53. The summed E-state index contributed by atoms with van der Waals surface area (Å²) in [4.78, 5) is 11.6. The molecule has 0 aliphatic heterocycles. The van der Waals surface area contributed by atoms with Crippen molar-refractivity contribution in [3.8, 4) is 5.75 Å². The van der Waals surface area contributed by atoms with Crippen LogP contribution < -0.4 is 10.2 Å². The van der Waals surface area contributed by atoms with Crippen molar-refractivity contribution in [3.63, 3.8) is 0 Å². The third kappa shape index (κ3) is 3.82. The molecule has 2 aromatic rings. The molecule has 0 aromatic heterocycles. The highest BCUT2D eigenvalue weighted by Crippen LogP contribution is 2.20. The minimum atomic E-state index is -0.258. The highest BCUT2D eigenvalue weighted by molar-refractivity contribution is 5.85. The Kier molecular flexibility index (Phi) is 4.71. The summed E-state index contributed by atoms with van der Waals surface area (Å²) in [7, 11) is 0.